The average molecular weight is 646 g/mol. The number of fused-ring (bicyclic) bond motifs is 3. The van der Waals surface area contributed by atoms with Crippen LogP contribution in [0.25, 0.3) is 0 Å². The van der Waals surface area contributed by atoms with Crippen molar-refractivity contribution >= 4 is 23.7 Å². The molecule has 3 aromatic rings. The molecule has 0 bridgehead atoms. The van der Waals surface area contributed by atoms with Gasteiger partial charge in [0, 0.05) is 43.7 Å². The van der Waals surface area contributed by atoms with Crippen LogP contribution in [0.15, 0.2) is 48.5 Å². The summed E-state index contributed by atoms with van der Waals surface area (Å²) in [5.41, 5.74) is 3.66. The quantitative estimate of drug-likeness (QED) is 0.366. The van der Waals surface area contributed by atoms with E-state index in [1.54, 1.807) is 29.2 Å². The number of rotatable bonds is 7. The normalized spacial score (nSPS) is 21.0. The van der Waals surface area contributed by atoms with Gasteiger partial charge in [-0.05, 0) is 71.6 Å². The number of nitrogens with zero attached hydrogens (tertiary/aromatic N) is 2. The minimum absolute atomic E-state index is 0.0209. The van der Waals surface area contributed by atoms with E-state index in [2.05, 4.69) is 10.2 Å². The lowest BCUT2D eigenvalue weighted by molar-refractivity contribution is -0.141. The second-order valence-corrected chi connectivity index (χ2v) is 11.9. The molecular formula is C34H35N3O10. The summed E-state index contributed by atoms with van der Waals surface area (Å²) < 4.78 is 33.7. The van der Waals surface area contributed by atoms with Gasteiger partial charge in [-0.25, -0.2) is 4.79 Å². The number of carbonyl (C=O) groups is 3. The van der Waals surface area contributed by atoms with Gasteiger partial charge in [-0.2, -0.15) is 0 Å². The first-order valence-corrected chi connectivity index (χ1v) is 15.5. The molecule has 3 heterocycles. The summed E-state index contributed by atoms with van der Waals surface area (Å²) in [6, 6.07) is 14.3. The number of ether oxygens (including phenoxy) is 6. The maximum Gasteiger partial charge on any atom is 0.413 e. The van der Waals surface area contributed by atoms with Crippen LogP contribution in [-0.4, -0.2) is 88.3 Å². The highest BCUT2D eigenvalue weighted by molar-refractivity contribution is 5.84. The molecule has 47 heavy (non-hydrogen) atoms. The highest BCUT2D eigenvalue weighted by atomic mass is 16.7. The number of aromatic hydroxyl groups is 1. The van der Waals surface area contributed by atoms with Crippen LogP contribution in [0.2, 0.25) is 0 Å². The van der Waals surface area contributed by atoms with Crippen LogP contribution in [0.3, 0.4) is 0 Å². The largest absolute Gasteiger partial charge is 0.508 e. The number of piperazine rings is 1. The second kappa shape index (κ2) is 12.5. The van der Waals surface area contributed by atoms with E-state index < -0.39 is 17.9 Å². The van der Waals surface area contributed by atoms with E-state index in [0.717, 1.165) is 22.4 Å². The topological polar surface area (TPSA) is 145 Å². The molecule has 2 N–H and O–H groups in total. The fourth-order valence-electron chi connectivity index (χ4n) is 6.95. The lowest BCUT2D eigenvalue weighted by atomic mass is 9.67. The Morgan fingerprint density at radius 3 is 2.30 bits per heavy atom. The number of esters is 1. The Hall–Kier alpha value is -5.33. The fraction of sp³-hybridized carbons (Fsp3) is 0.382. The van der Waals surface area contributed by atoms with E-state index >= 15 is 0 Å². The van der Waals surface area contributed by atoms with Crippen molar-refractivity contribution in [2.75, 3.05) is 65.2 Å². The maximum atomic E-state index is 13.0. The van der Waals surface area contributed by atoms with Crippen LogP contribution < -0.4 is 33.9 Å². The predicted octanol–water partition coefficient (Wildman–Crippen LogP) is 3.05. The Balaban J connectivity index is 1.05. The zero-order chi connectivity index (χ0) is 32.7. The summed E-state index contributed by atoms with van der Waals surface area (Å²) in [6.45, 7) is 2.43. The molecule has 3 atom stereocenters. The molecule has 0 spiro atoms. The van der Waals surface area contributed by atoms with Gasteiger partial charge in [0.1, 0.15) is 12.3 Å². The minimum Gasteiger partial charge on any atom is -0.508 e. The number of hydrogen-bond acceptors (Lipinski definition) is 11. The third-order valence-corrected chi connectivity index (χ3v) is 9.30. The first kappa shape index (κ1) is 30.3. The number of benzene rings is 3. The van der Waals surface area contributed by atoms with E-state index in [1.165, 1.54) is 14.2 Å². The van der Waals surface area contributed by atoms with Crippen LogP contribution in [-0.2, 0) is 20.7 Å². The number of carbonyl (C=O) groups excluding carboxylic acids is 3. The molecule has 3 aromatic carbocycles. The maximum absolute atomic E-state index is 13.0. The third kappa shape index (κ3) is 5.77. The molecule has 3 aliphatic heterocycles. The van der Waals surface area contributed by atoms with Crippen molar-refractivity contribution in [3.63, 3.8) is 0 Å². The van der Waals surface area contributed by atoms with Gasteiger partial charge < -0.3 is 48.6 Å². The van der Waals surface area contributed by atoms with Crippen molar-refractivity contribution < 1.29 is 47.9 Å². The van der Waals surface area contributed by atoms with E-state index in [0.29, 0.717) is 50.7 Å². The SMILES string of the molecule is COc1cc([C@@H]2c3cc4c(cc3C[C@H]3COC(=O)[C@@H]32)OCO4)cc(OC)c1OC(=O)NCC(=O)N1CCN(c2ccc(O)cc2)CC1. The molecule has 1 aliphatic carbocycles. The van der Waals surface area contributed by atoms with Crippen molar-refractivity contribution in [3.05, 3.63) is 65.2 Å². The van der Waals surface area contributed by atoms with Gasteiger partial charge >= 0.3 is 12.1 Å². The van der Waals surface area contributed by atoms with Gasteiger partial charge in [-0.1, -0.05) is 0 Å². The summed E-state index contributed by atoms with van der Waals surface area (Å²) in [7, 11) is 2.90. The number of phenolic OH excluding ortho intramolecular Hbond substituents is 1. The lowest BCUT2D eigenvalue weighted by Gasteiger charge is -2.36. The molecule has 2 fully saturated rings. The number of anilines is 1. The molecule has 246 valence electrons. The lowest BCUT2D eigenvalue weighted by Crippen LogP contribution is -2.51. The van der Waals surface area contributed by atoms with Gasteiger partial charge in [0.2, 0.25) is 18.4 Å². The first-order chi connectivity index (χ1) is 22.8. The second-order valence-electron chi connectivity index (χ2n) is 11.9. The molecule has 0 saturated carbocycles. The molecule has 13 nitrogen and oxygen atoms in total. The predicted molar refractivity (Wildman–Crippen MR) is 167 cm³/mol. The summed E-state index contributed by atoms with van der Waals surface area (Å²) in [5.74, 6) is 0.615. The number of hydrogen-bond donors (Lipinski definition) is 2. The van der Waals surface area contributed by atoms with E-state index in [4.69, 9.17) is 28.4 Å². The van der Waals surface area contributed by atoms with Crippen LogP contribution in [0.1, 0.15) is 22.6 Å². The number of cyclic esters (lactones) is 1. The summed E-state index contributed by atoms with van der Waals surface area (Å²) >= 11 is 0. The van der Waals surface area contributed by atoms with Crippen molar-refractivity contribution in [2.24, 2.45) is 11.8 Å². The molecule has 2 saturated heterocycles. The summed E-state index contributed by atoms with van der Waals surface area (Å²) in [4.78, 5) is 42.7. The van der Waals surface area contributed by atoms with E-state index in [1.807, 2.05) is 24.3 Å². The number of nitrogens with one attached hydrogen (secondary N) is 1. The highest BCUT2D eigenvalue weighted by Crippen LogP contribution is 2.52. The summed E-state index contributed by atoms with van der Waals surface area (Å²) in [5, 5.41) is 12.1. The van der Waals surface area contributed by atoms with Crippen LogP contribution in [0.5, 0.6) is 34.5 Å². The highest BCUT2D eigenvalue weighted by Gasteiger charge is 2.48. The van der Waals surface area contributed by atoms with Gasteiger partial charge in [0.15, 0.2) is 23.0 Å². The van der Waals surface area contributed by atoms with Crippen LogP contribution >= 0.6 is 0 Å². The molecule has 0 aromatic heterocycles. The van der Waals surface area contributed by atoms with Crippen molar-refractivity contribution in [3.8, 4) is 34.5 Å². The molecule has 7 rings (SSSR count). The Morgan fingerprint density at radius 2 is 1.62 bits per heavy atom. The van der Waals surface area contributed by atoms with Crippen molar-refractivity contribution in [1.29, 1.82) is 0 Å². The van der Waals surface area contributed by atoms with Gasteiger partial charge in [-0.15, -0.1) is 0 Å². The smallest absolute Gasteiger partial charge is 0.413 e. The summed E-state index contributed by atoms with van der Waals surface area (Å²) in [6.07, 6.45) is -0.179. The molecule has 4 aliphatic rings. The molecule has 2 amide bonds. The fourth-order valence-corrected chi connectivity index (χ4v) is 6.95. The zero-order valence-corrected chi connectivity index (χ0v) is 26.0. The van der Waals surface area contributed by atoms with Gasteiger partial charge in [0.05, 0.1) is 26.7 Å². The van der Waals surface area contributed by atoms with Crippen molar-refractivity contribution in [2.45, 2.75) is 12.3 Å². The van der Waals surface area contributed by atoms with Gasteiger partial charge in [-0.3, -0.25) is 9.59 Å². The Morgan fingerprint density at radius 1 is 0.936 bits per heavy atom. The molecule has 0 unspecified atom stereocenters. The molecule has 13 heteroatoms. The Bertz CT molecular complexity index is 1680. The number of phenols is 1. The Labute approximate surface area is 270 Å². The first-order valence-electron chi connectivity index (χ1n) is 15.5. The number of methoxy groups -OCH3 is 2. The van der Waals surface area contributed by atoms with E-state index in [-0.39, 0.29) is 54.1 Å². The third-order valence-electron chi connectivity index (χ3n) is 9.30. The number of amides is 2. The minimum atomic E-state index is -0.847. The Kier molecular flexibility index (Phi) is 8.04. The van der Waals surface area contributed by atoms with Crippen molar-refractivity contribution in [1.82, 2.24) is 10.2 Å². The zero-order valence-electron chi connectivity index (χ0n) is 26.0. The monoisotopic (exact) mass is 645 g/mol. The average Bonchev–Trinajstić information content (AvgIpc) is 3.71. The van der Waals surface area contributed by atoms with Gasteiger partial charge in [0.25, 0.3) is 0 Å². The van der Waals surface area contributed by atoms with Crippen LogP contribution in [0, 0.1) is 11.8 Å². The van der Waals surface area contributed by atoms with E-state index in [9.17, 15) is 19.5 Å². The molecular weight excluding hydrogens is 610 g/mol. The standard InChI is InChI=1S/C34H35N3O10/c1-42-27-13-20(30-24-15-26-25(45-18-46-26)12-19(24)11-21-17-44-33(40)31(21)30)14-28(43-2)32(27)47-34(41)35-16-29(39)37-9-7-36(8-10-37)22-3-5-23(38)6-4-22/h3-6,12-15,21,30-31,38H,7-11,16-18H2,1-2H3,(H,35,41)/t21-,30+,31-/m0/s1. The molecule has 0 radical (unpaired) electrons. The van der Waals surface area contributed by atoms with Crippen LogP contribution in [0.4, 0.5) is 10.5 Å².